The minimum Gasteiger partial charge on any atom is -0.480 e. The van der Waals surface area contributed by atoms with E-state index >= 15 is 0 Å². The van der Waals surface area contributed by atoms with Crippen molar-refractivity contribution in [3.05, 3.63) is 29.8 Å². The first-order chi connectivity index (χ1) is 9.91. The zero-order valence-electron chi connectivity index (χ0n) is 11.3. The van der Waals surface area contributed by atoms with Gasteiger partial charge in [0.1, 0.15) is 6.04 Å². The zero-order valence-corrected chi connectivity index (χ0v) is 12.9. The third-order valence-corrected chi connectivity index (χ3v) is 6.75. The molecule has 1 aromatic rings. The first kappa shape index (κ1) is 15.8. The quantitative estimate of drug-likeness (QED) is 0.900. The van der Waals surface area contributed by atoms with Crippen molar-refractivity contribution in [3.63, 3.8) is 0 Å². The Labute approximate surface area is 127 Å². The van der Waals surface area contributed by atoms with Crippen LogP contribution in [0.5, 0.6) is 0 Å². The molecule has 0 amide bonds. The van der Waals surface area contributed by atoms with Crippen LogP contribution in [0.1, 0.15) is 18.9 Å². The number of nitriles is 1. The molecule has 0 spiro atoms. The van der Waals surface area contributed by atoms with Gasteiger partial charge in [-0.05, 0) is 30.7 Å². The Morgan fingerprint density at radius 2 is 2.10 bits per heavy atom. The van der Waals surface area contributed by atoms with E-state index in [1.54, 1.807) is 0 Å². The lowest BCUT2D eigenvalue weighted by Gasteiger charge is -2.25. The van der Waals surface area contributed by atoms with Gasteiger partial charge in [0, 0.05) is 5.75 Å². The van der Waals surface area contributed by atoms with E-state index in [2.05, 4.69) is 0 Å². The lowest BCUT2D eigenvalue weighted by molar-refractivity contribution is -0.140. The van der Waals surface area contributed by atoms with Gasteiger partial charge in [0.25, 0.3) is 0 Å². The summed E-state index contributed by atoms with van der Waals surface area (Å²) in [4.78, 5) is 11.3. The van der Waals surface area contributed by atoms with Crippen LogP contribution < -0.4 is 0 Å². The predicted octanol–water partition coefficient (Wildman–Crippen LogP) is 1.49. The van der Waals surface area contributed by atoms with Crippen molar-refractivity contribution >= 4 is 27.8 Å². The van der Waals surface area contributed by atoms with Gasteiger partial charge in [0.05, 0.1) is 21.9 Å². The Balaban J connectivity index is 2.44. The van der Waals surface area contributed by atoms with Crippen molar-refractivity contribution in [1.29, 1.82) is 5.26 Å². The molecule has 112 valence electrons. The van der Waals surface area contributed by atoms with Gasteiger partial charge in [-0.25, -0.2) is 8.42 Å². The molecule has 0 bridgehead atoms. The lowest BCUT2D eigenvalue weighted by Crippen LogP contribution is -2.45. The van der Waals surface area contributed by atoms with Crippen LogP contribution in [0, 0.1) is 11.3 Å². The Morgan fingerprint density at radius 3 is 2.57 bits per heavy atom. The minimum atomic E-state index is -3.90. The Bertz CT molecular complexity index is 679. The van der Waals surface area contributed by atoms with Crippen molar-refractivity contribution in [1.82, 2.24) is 4.31 Å². The number of carbonyl (C=O) groups is 1. The summed E-state index contributed by atoms with van der Waals surface area (Å²) in [5, 5.41) is 17.6. The van der Waals surface area contributed by atoms with Gasteiger partial charge in [-0.1, -0.05) is 6.92 Å². The maximum atomic E-state index is 12.7. The third-order valence-electron chi connectivity index (χ3n) is 3.23. The topological polar surface area (TPSA) is 98.5 Å². The van der Waals surface area contributed by atoms with Crippen molar-refractivity contribution in [2.24, 2.45) is 0 Å². The second-order valence-corrected chi connectivity index (χ2v) is 7.58. The Morgan fingerprint density at radius 1 is 1.48 bits per heavy atom. The van der Waals surface area contributed by atoms with Crippen LogP contribution in [-0.2, 0) is 14.8 Å². The number of thioether (sulfide) groups is 1. The second kappa shape index (κ2) is 6.05. The molecule has 8 heteroatoms. The average Bonchev–Trinajstić information content (AvgIpc) is 2.92. The number of sulfonamides is 1. The van der Waals surface area contributed by atoms with E-state index in [0.717, 1.165) is 4.31 Å². The summed E-state index contributed by atoms with van der Waals surface area (Å²) in [6.07, 6.45) is 0.532. The SMILES string of the molecule is CCC1SCC(C(=O)O)N1S(=O)(=O)c1ccc(C#N)cc1. The second-order valence-electron chi connectivity index (χ2n) is 4.52. The number of aliphatic carboxylic acids is 1. The van der Waals surface area contributed by atoms with Crippen LogP contribution >= 0.6 is 11.8 Å². The summed E-state index contributed by atoms with van der Waals surface area (Å²) in [6.45, 7) is 1.82. The summed E-state index contributed by atoms with van der Waals surface area (Å²) in [7, 11) is -3.90. The monoisotopic (exact) mass is 326 g/mol. The molecule has 2 rings (SSSR count). The van der Waals surface area contributed by atoms with Crippen LogP contribution in [0.4, 0.5) is 0 Å². The molecule has 0 aromatic heterocycles. The van der Waals surface area contributed by atoms with Gasteiger partial charge in [-0.2, -0.15) is 9.57 Å². The largest absolute Gasteiger partial charge is 0.480 e. The molecule has 1 saturated heterocycles. The lowest BCUT2D eigenvalue weighted by atomic mass is 10.2. The molecule has 1 heterocycles. The van der Waals surface area contributed by atoms with Crippen molar-refractivity contribution in [3.8, 4) is 6.07 Å². The van der Waals surface area contributed by atoms with Crippen LogP contribution in [0.25, 0.3) is 0 Å². The first-order valence-electron chi connectivity index (χ1n) is 6.30. The molecular formula is C13H14N2O4S2. The number of nitrogens with zero attached hydrogens (tertiary/aromatic N) is 2. The molecular weight excluding hydrogens is 312 g/mol. The fraction of sp³-hybridized carbons (Fsp3) is 0.385. The van der Waals surface area contributed by atoms with Gasteiger partial charge in [0.15, 0.2) is 0 Å². The summed E-state index contributed by atoms with van der Waals surface area (Å²) in [6, 6.07) is 6.35. The van der Waals surface area contributed by atoms with E-state index in [1.807, 2.05) is 13.0 Å². The van der Waals surface area contributed by atoms with Gasteiger partial charge in [-0.3, -0.25) is 4.79 Å². The highest BCUT2D eigenvalue weighted by Crippen LogP contribution is 2.36. The van der Waals surface area contributed by atoms with E-state index < -0.39 is 22.0 Å². The van der Waals surface area contributed by atoms with Crippen molar-refractivity contribution < 1.29 is 18.3 Å². The molecule has 6 nitrogen and oxygen atoms in total. The van der Waals surface area contributed by atoms with Crippen LogP contribution in [-0.4, -0.2) is 41.0 Å². The normalized spacial score (nSPS) is 22.9. The number of hydrogen-bond acceptors (Lipinski definition) is 5. The molecule has 0 saturated carbocycles. The zero-order chi connectivity index (χ0) is 15.6. The summed E-state index contributed by atoms with van der Waals surface area (Å²) >= 11 is 1.33. The van der Waals surface area contributed by atoms with Crippen molar-refractivity contribution in [2.75, 3.05) is 5.75 Å². The third kappa shape index (κ3) is 2.90. The highest BCUT2D eigenvalue weighted by Gasteiger charge is 2.45. The van der Waals surface area contributed by atoms with Crippen LogP contribution in [0.15, 0.2) is 29.2 Å². The first-order valence-corrected chi connectivity index (χ1v) is 8.78. The van der Waals surface area contributed by atoms with E-state index in [0.29, 0.717) is 12.0 Å². The molecule has 2 atom stereocenters. The maximum Gasteiger partial charge on any atom is 0.322 e. The molecule has 21 heavy (non-hydrogen) atoms. The standard InChI is InChI=1S/C13H14N2O4S2/c1-2-12-15(11(8-20-12)13(16)17)21(18,19)10-5-3-9(7-14)4-6-10/h3-6,11-12H,2,8H2,1H3,(H,16,17). The summed E-state index contributed by atoms with van der Waals surface area (Å²) in [5.41, 5.74) is 0.353. The number of benzene rings is 1. The fourth-order valence-corrected chi connectivity index (χ4v) is 5.71. The fourth-order valence-electron chi connectivity index (χ4n) is 2.17. The molecule has 0 aliphatic carbocycles. The van der Waals surface area contributed by atoms with E-state index in [-0.39, 0.29) is 16.0 Å². The van der Waals surface area contributed by atoms with Gasteiger partial charge < -0.3 is 5.11 Å². The predicted molar refractivity (Wildman–Crippen MR) is 78.1 cm³/mol. The average molecular weight is 326 g/mol. The van der Waals surface area contributed by atoms with E-state index in [4.69, 9.17) is 5.26 Å². The van der Waals surface area contributed by atoms with Gasteiger partial charge in [-0.15, -0.1) is 11.8 Å². The molecule has 1 aromatic carbocycles. The van der Waals surface area contributed by atoms with Gasteiger partial charge >= 0.3 is 5.97 Å². The molecule has 1 N–H and O–H groups in total. The molecule has 2 unspecified atom stereocenters. The molecule has 1 aliphatic heterocycles. The van der Waals surface area contributed by atoms with Crippen molar-refractivity contribution in [2.45, 2.75) is 29.7 Å². The van der Waals surface area contributed by atoms with E-state index in [1.165, 1.54) is 36.0 Å². The summed E-state index contributed by atoms with van der Waals surface area (Å²) < 4.78 is 26.4. The van der Waals surface area contributed by atoms with Gasteiger partial charge in [0.2, 0.25) is 10.0 Å². The minimum absolute atomic E-state index is 0.00806. The smallest absolute Gasteiger partial charge is 0.322 e. The van der Waals surface area contributed by atoms with Crippen LogP contribution in [0.3, 0.4) is 0 Å². The Hall–Kier alpha value is -1.56. The highest BCUT2D eigenvalue weighted by molar-refractivity contribution is 8.01. The van der Waals surface area contributed by atoms with E-state index in [9.17, 15) is 18.3 Å². The highest BCUT2D eigenvalue weighted by atomic mass is 32.2. The maximum absolute atomic E-state index is 12.7. The molecule has 1 fully saturated rings. The number of carboxylic acids is 1. The Kier molecular flexibility index (Phi) is 4.56. The number of hydrogen-bond donors (Lipinski definition) is 1. The molecule has 1 aliphatic rings. The number of carboxylic acid groups (broad SMARTS) is 1. The molecule has 0 radical (unpaired) electrons. The number of rotatable bonds is 4. The van der Waals surface area contributed by atoms with Crippen LogP contribution in [0.2, 0.25) is 0 Å². The summed E-state index contributed by atoms with van der Waals surface area (Å²) in [5.74, 6) is -0.903.